The molecular weight excluding hydrogens is 234 g/mol. The Morgan fingerprint density at radius 3 is 2.28 bits per heavy atom. The van der Waals surface area contributed by atoms with Gasteiger partial charge in [0.1, 0.15) is 5.75 Å². The molecule has 2 aromatic carbocycles. The fourth-order valence-corrected chi connectivity index (χ4v) is 1.41. The number of nitrogens with zero attached hydrogens (tertiary/aromatic N) is 1. The topological polar surface area (TPSA) is 104 Å². The van der Waals surface area contributed by atoms with Crippen LogP contribution in [0.3, 0.4) is 0 Å². The lowest BCUT2D eigenvalue weighted by atomic mass is 10.2. The number of nitro benzene ring substituents is 1. The standard InChI is InChI=1S/C12H11N3O3/c13-8-1-4-10(5-2-8)18-12-6-3-9(15(16)17)7-11(12)14/h1-7H,13-14H2. The van der Waals surface area contributed by atoms with Gasteiger partial charge >= 0.3 is 0 Å². The SMILES string of the molecule is Nc1ccc(Oc2ccc([N+](=O)[O-])cc2N)cc1. The van der Waals surface area contributed by atoms with Gasteiger partial charge in [0.2, 0.25) is 0 Å². The molecule has 6 heteroatoms. The second-order valence-electron chi connectivity index (χ2n) is 3.65. The number of rotatable bonds is 3. The summed E-state index contributed by atoms with van der Waals surface area (Å²) in [5.74, 6) is 0.926. The average Bonchev–Trinajstić information content (AvgIpc) is 2.34. The minimum absolute atomic E-state index is 0.0721. The van der Waals surface area contributed by atoms with Gasteiger partial charge in [0.05, 0.1) is 10.6 Å². The maximum Gasteiger partial charge on any atom is 0.271 e. The van der Waals surface area contributed by atoms with Crippen LogP contribution >= 0.6 is 0 Å². The first-order chi connectivity index (χ1) is 8.56. The number of hydrogen-bond donors (Lipinski definition) is 2. The predicted molar refractivity (Wildman–Crippen MR) is 68.4 cm³/mol. The Bertz CT molecular complexity index is 582. The third-order valence-corrected chi connectivity index (χ3v) is 2.31. The molecule has 0 aliphatic rings. The third kappa shape index (κ3) is 2.49. The predicted octanol–water partition coefficient (Wildman–Crippen LogP) is 2.55. The monoisotopic (exact) mass is 245 g/mol. The maximum absolute atomic E-state index is 10.6. The lowest BCUT2D eigenvalue weighted by Crippen LogP contribution is -1.95. The van der Waals surface area contributed by atoms with E-state index in [1.165, 1.54) is 18.2 Å². The zero-order valence-electron chi connectivity index (χ0n) is 9.37. The Balaban J connectivity index is 2.24. The summed E-state index contributed by atoms with van der Waals surface area (Å²) in [5, 5.41) is 10.6. The summed E-state index contributed by atoms with van der Waals surface area (Å²) in [4.78, 5) is 10.0. The Morgan fingerprint density at radius 1 is 1.06 bits per heavy atom. The van der Waals surface area contributed by atoms with E-state index in [0.717, 1.165) is 0 Å². The molecule has 0 atom stereocenters. The molecule has 0 radical (unpaired) electrons. The summed E-state index contributed by atoms with van der Waals surface area (Å²) in [6.07, 6.45) is 0. The van der Waals surface area contributed by atoms with Crippen LogP contribution in [-0.2, 0) is 0 Å². The first-order valence-corrected chi connectivity index (χ1v) is 5.13. The van der Waals surface area contributed by atoms with Crippen molar-refractivity contribution in [3.8, 4) is 11.5 Å². The van der Waals surface area contributed by atoms with Crippen molar-refractivity contribution in [2.45, 2.75) is 0 Å². The lowest BCUT2D eigenvalue weighted by molar-refractivity contribution is -0.384. The molecule has 0 amide bonds. The highest BCUT2D eigenvalue weighted by Crippen LogP contribution is 2.30. The van der Waals surface area contributed by atoms with E-state index in [0.29, 0.717) is 17.2 Å². The average molecular weight is 245 g/mol. The molecule has 0 saturated carbocycles. The van der Waals surface area contributed by atoms with Crippen molar-refractivity contribution in [2.24, 2.45) is 0 Å². The molecule has 0 saturated heterocycles. The summed E-state index contributed by atoms with van der Waals surface area (Å²) in [5.41, 5.74) is 12.0. The number of ether oxygens (including phenoxy) is 1. The fourth-order valence-electron chi connectivity index (χ4n) is 1.41. The van der Waals surface area contributed by atoms with E-state index in [9.17, 15) is 10.1 Å². The number of non-ortho nitro benzene ring substituents is 1. The first kappa shape index (κ1) is 11.7. The number of benzene rings is 2. The molecule has 0 spiro atoms. The van der Waals surface area contributed by atoms with Crippen molar-refractivity contribution in [1.29, 1.82) is 0 Å². The fraction of sp³-hybridized carbons (Fsp3) is 0. The van der Waals surface area contributed by atoms with Crippen molar-refractivity contribution in [3.63, 3.8) is 0 Å². The zero-order valence-corrected chi connectivity index (χ0v) is 9.37. The largest absolute Gasteiger partial charge is 0.455 e. The lowest BCUT2D eigenvalue weighted by Gasteiger charge is -2.08. The Morgan fingerprint density at radius 2 is 1.72 bits per heavy atom. The Hall–Kier alpha value is -2.76. The Labute approximate surface area is 103 Å². The van der Waals surface area contributed by atoms with Gasteiger partial charge in [-0.1, -0.05) is 0 Å². The normalized spacial score (nSPS) is 10.0. The molecule has 2 rings (SSSR count). The summed E-state index contributed by atoms with van der Waals surface area (Å²) in [7, 11) is 0. The van der Waals surface area contributed by atoms with Gasteiger partial charge in [-0.25, -0.2) is 0 Å². The van der Waals surface area contributed by atoms with E-state index >= 15 is 0 Å². The molecule has 6 nitrogen and oxygen atoms in total. The van der Waals surface area contributed by atoms with Crippen molar-refractivity contribution >= 4 is 17.1 Å². The van der Waals surface area contributed by atoms with Gasteiger partial charge in [-0.15, -0.1) is 0 Å². The van der Waals surface area contributed by atoms with Crippen molar-refractivity contribution in [1.82, 2.24) is 0 Å². The third-order valence-electron chi connectivity index (χ3n) is 2.31. The molecule has 0 unspecified atom stereocenters. The number of nitro groups is 1. The smallest absolute Gasteiger partial charge is 0.271 e. The molecular formula is C12H11N3O3. The van der Waals surface area contributed by atoms with Gasteiger partial charge in [0, 0.05) is 17.8 Å². The second-order valence-corrected chi connectivity index (χ2v) is 3.65. The highest BCUT2D eigenvalue weighted by Gasteiger charge is 2.09. The number of nitrogen functional groups attached to an aromatic ring is 2. The molecule has 0 aromatic heterocycles. The molecule has 92 valence electrons. The maximum atomic E-state index is 10.6. The van der Waals surface area contributed by atoms with Gasteiger partial charge < -0.3 is 16.2 Å². The van der Waals surface area contributed by atoms with E-state index in [1.54, 1.807) is 24.3 Å². The van der Waals surface area contributed by atoms with Crippen molar-refractivity contribution in [2.75, 3.05) is 11.5 Å². The summed E-state index contributed by atoms with van der Waals surface area (Å²) >= 11 is 0. The molecule has 18 heavy (non-hydrogen) atoms. The quantitative estimate of drug-likeness (QED) is 0.491. The van der Waals surface area contributed by atoms with Gasteiger partial charge in [-0.2, -0.15) is 0 Å². The summed E-state index contributed by atoms with van der Waals surface area (Å²) < 4.78 is 5.50. The molecule has 0 aliphatic heterocycles. The minimum Gasteiger partial charge on any atom is -0.455 e. The summed E-state index contributed by atoms with van der Waals surface area (Å²) in [6.45, 7) is 0. The highest BCUT2D eigenvalue weighted by molar-refractivity contribution is 5.59. The van der Waals surface area contributed by atoms with Crippen LogP contribution in [-0.4, -0.2) is 4.92 Å². The van der Waals surface area contributed by atoms with Crippen LogP contribution in [0.4, 0.5) is 17.1 Å². The number of anilines is 2. The minimum atomic E-state index is -0.511. The van der Waals surface area contributed by atoms with Crippen molar-refractivity contribution < 1.29 is 9.66 Å². The molecule has 2 aromatic rings. The highest BCUT2D eigenvalue weighted by atomic mass is 16.6. The van der Waals surface area contributed by atoms with Crippen molar-refractivity contribution in [3.05, 3.63) is 52.6 Å². The molecule has 0 heterocycles. The van der Waals surface area contributed by atoms with Crippen LogP contribution in [0.25, 0.3) is 0 Å². The van der Waals surface area contributed by atoms with E-state index in [4.69, 9.17) is 16.2 Å². The molecule has 0 fully saturated rings. The molecule has 0 aliphatic carbocycles. The van der Waals surface area contributed by atoms with Crippen LogP contribution in [0.15, 0.2) is 42.5 Å². The van der Waals surface area contributed by atoms with E-state index in [-0.39, 0.29) is 11.4 Å². The zero-order chi connectivity index (χ0) is 13.1. The van der Waals surface area contributed by atoms with E-state index in [2.05, 4.69) is 0 Å². The van der Waals surface area contributed by atoms with Gasteiger partial charge in [-0.05, 0) is 30.3 Å². The van der Waals surface area contributed by atoms with Crippen LogP contribution < -0.4 is 16.2 Å². The number of hydrogen-bond acceptors (Lipinski definition) is 5. The molecule has 0 bridgehead atoms. The van der Waals surface area contributed by atoms with Gasteiger partial charge in [0.15, 0.2) is 5.75 Å². The first-order valence-electron chi connectivity index (χ1n) is 5.13. The van der Waals surface area contributed by atoms with Crippen LogP contribution in [0.5, 0.6) is 11.5 Å². The van der Waals surface area contributed by atoms with Crippen LogP contribution in [0.1, 0.15) is 0 Å². The second kappa shape index (κ2) is 4.62. The Kier molecular flexibility index (Phi) is 3.01. The van der Waals surface area contributed by atoms with Crippen LogP contribution in [0, 0.1) is 10.1 Å². The van der Waals surface area contributed by atoms with Crippen LogP contribution in [0.2, 0.25) is 0 Å². The van der Waals surface area contributed by atoms with Gasteiger partial charge in [-0.3, -0.25) is 10.1 Å². The number of nitrogens with two attached hydrogens (primary N) is 2. The van der Waals surface area contributed by atoms with Gasteiger partial charge in [0.25, 0.3) is 5.69 Å². The van der Waals surface area contributed by atoms with E-state index < -0.39 is 4.92 Å². The summed E-state index contributed by atoms with van der Waals surface area (Å²) in [6, 6.07) is 10.8. The van der Waals surface area contributed by atoms with E-state index in [1.807, 2.05) is 0 Å². The molecule has 4 N–H and O–H groups in total.